The average Bonchev–Trinajstić information content (AvgIpc) is 3.03. The smallest absolute Gasteiger partial charge is 0.343 e. The highest BCUT2D eigenvalue weighted by Gasteiger charge is 2.36. The van der Waals surface area contributed by atoms with E-state index in [2.05, 4.69) is 5.16 Å². The Labute approximate surface area is 160 Å². The van der Waals surface area contributed by atoms with Crippen molar-refractivity contribution in [2.24, 2.45) is 0 Å². The largest absolute Gasteiger partial charge is 0.487 e. The second-order valence-corrected chi connectivity index (χ2v) is 6.92. The molecule has 3 aromatic rings. The summed E-state index contributed by atoms with van der Waals surface area (Å²) in [5.41, 5.74) is 1.79. The van der Waals surface area contributed by atoms with Crippen LogP contribution < -0.4 is 9.64 Å². The van der Waals surface area contributed by atoms with Crippen molar-refractivity contribution >= 4 is 23.4 Å². The zero-order chi connectivity index (χ0) is 19.0. The standard InChI is InChI=1S/C20H17ClN2O4/c1-12-3-2-4-15(9-12)26-16-10-23(11-16)19-17(20(24)25)18(27-22-19)13-5-7-14(21)8-6-13/h2-9,16H,10-11H2,1H3,(H,24,25). The molecule has 6 nitrogen and oxygen atoms in total. The van der Waals surface area contributed by atoms with Crippen LogP contribution in [0.15, 0.2) is 53.1 Å². The number of halogens is 1. The van der Waals surface area contributed by atoms with Crippen molar-refractivity contribution < 1.29 is 19.2 Å². The van der Waals surface area contributed by atoms with Crippen LogP contribution >= 0.6 is 11.6 Å². The minimum atomic E-state index is -1.08. The minimum absolute atomic E-state index is 0.0240. The number of benzene rings is 2. The number of carboxylic acid groups (broad SMARTS) is 1. The van der Waals surface area contributed by atoms with Crippen molar-refractivity contribution in [2.45, 2.75) is 13.0 Å². The van der Waals surface area contributed by atoms with E-state index < -0.39 is 5.97 Å². The van der Waals surface area contributed by atoms with E-state index in [9.17, 15) is 9.90 Å². The summed E-state index contributed by atoms with van der Waals surface area (Å²) in [6.45, 7) is 3.09. The Morgan fingerprint density at radius 1 is 1.26 bits per heavy atom. The highest BCUT2D eigenvalue weighted by molar-refractivity contribution is 6.30. The van der Waals surface area contributed by atoms with Gasteiger partial charge in [-0.2, -0.15) is 0 Å². The molecule has 1 aliphatic heterocycles. The van der Waals surface area contributed by atoms with Gasteiger partial charge in [-0.05, 0) is 48.9 Å². The SMILES string of the molecule is Cc1cccc(OC2CN(c3noc(-c4ccc(Cl)cc4)c3C(=O)O)C2)c1. The van der Waals surface area contributed by atoms with Gasteiger partial charge < -0.3 is 19.3 Å². The van der Waals surface area contributed by atoms with E-state index in [4.69, 9.17) is 20.9 Å². The average molecular weight is 385 g/mol. The lowest BCUT2D eigenvalue weighted by atomic mass is 10.1. The molecule has 2 aromatic carbocycles. The Morgan fingerprint density at radius 3 is 2.67 bits per heavy atom. The van der Waals surface area contributed by atoms with E-state index in [1.54, 1.807) is 24.3 Å². The number of nitrogens with zero attached hydrogens (tertiary/aromatic N) is 2. The molecule has 1 saturated heterocycles. The van der Waals surface area contributed by atoms with Crippen molar-refractivity contribution in [2.75, 3.05) is 18.0 Å². The number of ether oxygens (including phenoxy) is 1. The maximum atomic E-state index is 11.8. The van der Waals surface area contributed by atoms with Crippen LogP contribution in [0.1, 0.15) is 15.9 Å². The molecular formula is C20H17ClN2O4. The number of aromatic nitrogens is 1. The Balaban J connectivity index is 1.52. The van der Waals surface area contributed by atoms with Crippen molar-refractivity contribution in [3.63, 3.8) is 0 Å². The van der Waals surface area contributed by atoms with Gasteiger partial charge in [-0.1, -0.05) is 28.9 Å². The monoisotopic (exact) mass is 384 g/mol. The number of hydrogen-bond donors (Lipinski definition) is 1. The van der Waals surface area contributed by atoms with Crippen LogP contribution in [0.4, 0.5) is 5.82 Å². The highest BCUT2D eigenvalue weighted by Crippen LogP contribution is 2.34. The fourth-order valence-corrected chi connectivity index (χ4v) is 3.18. The molecule has 1 aliphatic rings. The molecule has 1 N–H and O–H groups in total. The number of rotatable bonds is 5. The molecule has 0 bridgehead atoms. The first kappa shape index (κ1) is 17.4. The molecule has 2 heterocycles. The summed E-state index contributed by atoms with van der Waals surface area (Å²) in [6, 6.07) is 14.6. The van der Waals surface area contributed by atoms with Gasteiger partial charge in [0.2, 0.25) is 0 Å². The molecule has 0 atom stereocenters. The van der Waals surface area contributed by atoms with Gasteiger partial charge in [0.25, 0.3) is 0 Å². The van der Waals surface area contributed by atoms with Crippen LogP contribution in [0, 0.1) is 6.92 Å². The van der Waals surface area contributed by atoms with E-state index in [0.29, 0.717) is 29.5 Å². The van der Waals surface area contributed by atoms with Gasteiger partial charge in [-0.3, -0.25) is 0 Å². The van der Waals surface area contributed by atoms with Gasteiger partial charge in [-0.15, -0.1) is 0 Å². The molecule has 0 saturated carbocycles. The third kappa shape index (κ3) is 3.48. The van der Waals surface area contributed by atoms with Gasteiger partial charge in [0.1, 0.15) is 11.9 Å². The number of hydrogen-bond acceptors (Lipinski definition) is 5. The highest BCUT2D eigenvalue weighted by atomic mass is 35.5. The van der Waals surface area contributed by atoms with Crippen molar-refractivity contribution in [1.29, 1.82) is 0 Å². The zero-order valence-corrected chi connectivity index (χ0v) is 15.3. The number of carboxylic acids is 1. The van der Waals surface area contributed by atoms with Gasteiger partial charge >= 0.3 is 5.97 Å². The van der Waals surface area contributed by atoms with Gasteiger partial charge in [0.05, 0.1) is 13.1 Å². The first-order chi connectivity index (χ1) is 13.0. The van der Waals surface area contributed by atoms with Gasteiger partial charge in [-0.25, -0.2) is 4.79 Å². The van der Waals surface area contributed by atoms with Crippen LogP contribution in [-0.2, 0) is 0 Å². The van der Waals surface area contributed by atoms with E-state index in [1.165, 1.54) is 0 Å². The Bertz CT molecular complexity index is 978. The Morgan fingerprint density at radius 2 is 2.00 bits per heavy atom. The second kappa shape index (κ2) is 6.96. The molecule has 0 amide bonds. The van der Waals surface area contributed by atoms with E-state index in [1.807, 2.05) is 36.1 Å². The minimum Gasteiger partial charge on any atom is -0.487 e. The molecular weight excluding hydrogens is 368 g/mol. The van der Waals surface area contributed by atoms with Crippen LogP contribution in [0.25, 0.3) is 11.3 Å². The number of aryl methyl sites for hydroxylation is 1. The Kier molecular flexibility index (Phi) is 4.49. The van der Waals surface area contributed by atoms with Crippen LogP contribution in [0.5, 0.6) is 5.75 Å². The van der Waals surface area contributed by atoms with E-state index in [-0.39, 0.29) is 17.4 Å². The summed E-state index contributed by atoms with van der Waals surface area (Å²) in [5.74, 6) is 0.258. The lowest BCUT2D eigenvalue weighted by Gasteiger charge is -2.39. The first-order valence-electron chi connectivity index (χ1n) is 8.48. The van der Waals surface area contributed by atoms with Gasteiger partial charge in [0.15, 0.2) is 17.1 Å². The van der Waals surface area contributed by atoms with Gasteiger partial charge in [0, 0.05) is 10.6 Å². The maximum absolute atomic E-state index is 11.8. The fourth-order valence-electron chi connectivity index (χ4n) is 3.06. The van der Waals surface area contributed by atoms with Crippen molar-refractivity contribution in [3.8, 4) is 17.1 Å². The summed E-state index contributed by atoms with van der Waals surface area (Å²) in [6.07, 6.45) is -0.0240. The van der Waals surface area contributed by atoms with E-state index in [0.717, 1.165) is 11.3 Å². The topological polar surface area (TPSA) is 75.8 Å². The number of carbonyl (C=O) groups is 1. The van der Waals surface area contributed by atoms with Crippen molar-refractivity contribution in [1.82, 2.24) is 5.16 Å². The normalized spacial score (nSPS) is 14.1. The molecule has 0 unspecified atom stereocenters. The lowest BCUT2D eigenvalue weighted by molar-refractivity contribution is 0.0696. The molecule has 1 fully saturated rings. The predicted octanol–water partition coefficient (Wildman–Crippen LogP) is 4.27. The predicted molar refractivity (Wildman–Crippen MR) is 102 cm³/mol. The molecule has 1 aromatic heterocycles. The fraction of sp³-hybridized carbons (Fsp3) is 0.200. The summed E-state index contributed by atoms with van der Waals surface area (Å²) >= 11 is 5.90. The molecule has 0 aliphatic carbocycles. The summed E-state index contributed by atoms with van der Waals surface area (Å²) in [4.78, 5) is 13.7. The summed E-state index contributed by atoms with van der Waals surface area (Å²) in [5, 5.41) is 14.2. The third-order valence-electron chi connectivity index (χ3n) is 4.43. The maximum Gasteiger partial charge on any atom is 0.343 e. The summed E-state index contributed by atoms with van der Waals surface area (Å²) in [7, 11) is 0. The molecule has 0 radical (unpaired) electrons. The first-order valence-corrected chi connectivity index (χ1v) is 8.86. The lowest BCUT2D eigenvalue weighted by Crippen LogP contribution is -2.54. The van der Waals surface area contributed by atoms with Crippen LogP contribution in [0.3, 0.4) is 0 Å². The number of aromatic carboxylic acids is 1. The van der Waals surface area contributed by atoms with Crippen molar-refractivity contribution in [3.05, 3.63) is 64.7 Å². The second-order valence-electron chi connectivity index (χ2n) is 6.48. The summed E-state index contributed by atoms with van der Waals surface area (Å²) < 4.78 is 11.3. The third-order valence-corrected chi connectivity index (χ3v) is 4.69. The molecule has 27 heavy (non-hydrogen) atoms. The quantitative estimate of drug-likeness (QED) is 0.708. The molecule has 7 heteroatoms. The Hall–Kier alpha value is -2.99. The molecule has 4 rings (SSSR count). The number of anilines is 1. The molecule has 0 spiro atoms. The van der Waals surface area contributed by atoms with Crippen LogP contribution in [0.2, 0.25) is 5.02 Å². The zero-order valence-electron chi connectivity index (χ0n) is 14.6. The van der Waals surface area contributed by atoms with E-state index >= 15 is 0 Å². The molecule has 138 valence electrons. The van der Waals surface area contributed by atoms with Crippen LogP contribution in [-0.4, -0.2) is 35.4 Å².